The van der Waals surface area contributed by atoms with E-state index in [2.05, 4.69) is 39.4 Å². The fourth-order valence-electron chi connectivity index (χ4n) is 3.30. The second-order valence-corrected chi connectivity index (χ2v) is 8.37. The smallest absolute Gasteiger partial charge is 0.138 e. The lowest BCUT2D eigenvalue weighted by Gasteiger charge is -2.27. The minimum atomic E-state index is -0.126. The van der Waals surface area contributed by atoms with E-state index in [1.54, 1.807) is 0 Å². The van der Waals surface area contributed by atoms with Crippen LogP contribution < -0.4 is 72.1 Å². The van der Waals surface area contributed by atoms with E-state index in [0.717, 1.165) is 69.2 Å². The zero-order valence-electron chi connectivity index (χ0n) is 18.6. The molecule has 0 saturated heterocycles. The Morgan fingerprint density at radius 1 is 0.897 bits per heavy atom. The minimum Gasteiger partial charge on any atom is -1.00 e. The number of nitrogens with zero attached hydrogens (tertiary/aromatic N) is 1. The summed E-state index contributed by atoms with van der Waals surface area (Å²) in [6.07, 6.45) is 9.32. The van der Waals surface area contributed by atoms with E-state index in [4.69, 9.17) is 17.5 Å². The van der Waals surface area contributed by atoms with Crippen LogP contribution in [0.4, 0.5) is 0 Å². The number of quaternary nitrogens is 2. The van der Waals surface area contributed by atoms with Crippen molar-refractivity contribution >= 4 is 22.9 Å². The van der Waals surface area contributed by atoms with Gasteiger partial charge in [0.2, 0.25) is 0 Å². The molecule has 12 heteroatoms. The lowest BCUT2D eigenvalue weighted by Crippen LogP contribution is -3.15. The molecule has 10 nitrogen and oxygen atoms in total. The molecule has 0 bridgehead atoms. The van der Waals surface area contributed by atoms with Gasteiger partial charge in [0.1, 0.15) is 6.54 Å². The van der Waals surface area contributed by atoms with E-state index < -0.39 is 0 Å². The number of hydrazine groups is 3. The topological polar surface area (TPSA) is 143 Å². The van der Waals surface area contributed by atoms with Gasteiger partial charge in [0, 0.05) is 24.9 Å². The molecule has 0 radical (unpaired) electrons. The van der Waals surface area contributed by atoms with Crippen molar-refractivity contribution in [1.82, 2.24) is 25.6 Å². The first-order valence-electron chi connectivity index (χ1n) is 10.7. The Balaban J connectivity index is 0. The van der Waals surface area contributed by atoms with Gasteiger partial charge in [-0.1, -0.05) is 35.1 Å². The van der Waals surface area contributed by atoms with Crippen LogP contribution in [-0.2, 0) is 0 Å². The number of halogens is 2. The van der Waals surface area contributed by atoms with Gasteiger partial charge >= 0.3 is 0 Å². The number of hydrogen-bond acceptors (Lipinski definition) is 8. The lowest BCUT2D eigenvalue weighted by molar-refractivity contribution is -0.977. The van der Waals surface area contributed by atoms with Gasteiger partial charge in [0.05, 0.1) is 36.5 Å². The highest BCUT2D eigenvalue weighted by Gasteiger charge is 2.22. The highest BCUT2D eigenvalue weighted by Crippen LogP contribution is 2.14. The summed E-state index contributed by atoms with van der Waals surface area (Å²) < 4.78 is 2.88. The predicted octanol–water partition coefficient (Wildman–Crippen LogP) is -3.71. The van der Waals surface area contributed by atoms with Gasteiger partial charge in [-0.25, -0.2) is 10.9 Å². The van der Waals surface area contributed by atoms with E-state index in [1.807, 2.05) is 29.9 Å². The Labute approximate surface area is 209 Å². The summed E-state index contributed by atoms with van der Waals surface area (Å²) in [4.78, 5) is -0.126. The molecular weight excluding hydrogens is 598 g/mol. The molecule has 0 spiro atoms. The van der Waals surface area contributed by atoms with E-state index >= 15 is 0 Å². The summed E-state index contributed by atoms with van der Waals surface area (Å²) in [6.45, 7) is 8.08. The van der Waals surface area contributed by atoms with Crippen molar-refractivity contribution in [3.63, 3.8) is 0 Å². The van der Waals surface area contributed by atoms with Gasteiger partial charge < -0.3 is 24.0 Å². The summed E-state index contributed by atoms with van der Waals surface area (Å²) in [6, 6.07) is 0. The first-order valence-corrected chi connectivity index (χ1v) is 11.8. The highest BCUT2D eigenvalue weighted by molar-refractivity contribution is 14.1. The Bertz CT molecular complexity index is 350. The monoisotopic (exact) mass is 645 g/mol. The van der Waals surface area contributed by atoms with Crippen molar-refractivity contribution in [2.75, 3.05) is 33.2 Å². The van der Waals surface area contributed by atoms with Crippen molar-refractivity contribution in [1.29, 1.82) is 0 Å². The molecule has 0 aliphatic carbocycles. The van der Waals surface area contributed by atoms with Gasteiger partial charge in [-0.2, -0.15) is 16.9 Å². The highest BCUT2D eigenvalue weighted by atomic mass is 127. The van der Waals surface area contributed by atoms with Crippen molar-refractivity contribution in [3.8, 4) is 0 Å². The van der Waals surface area contributed by atoms with Crippen LogP contribution in [0.1, 0.15) is 65.2 Å². The molecule has 0 saturated carbocycles. The number of unbranched alkanes of at least 4 members (excludes halogenated alkanes) is 2. The molecule has 0 fully saturated rings. The zero-order chi connectivity index (χ0) is 21.3. The third kappa shape index (κ3) is 20.7. The van der Waals surface area contributed by atoms with Crippen LogP contribution in [0.5, 0.6) is 0 Å². The molecular formula is C17H47I2N10+. The maximum absolute atomic E-state index is 5.92. The fourth-order valence-corrected chi connectivity index (χ4v) is 3.50. The van der Waals surface area contributed by atoms with E-state index in [1.165, 1.54) is 19.3 Å². The van der Waals surface area contributed by atoms with Crippen molar-refractivity contribution < 1.29 is 33.8 Å². The lowest BCUT2D eigenvalue weighted by atomic mass is 9.99. The average molecular weight is 645 g/mol. The number of nitrogens with one attached hydrogen (secondary N) is 6. The molecule has 178 valence electrons. The average Bonchev–Trinajstić information content (AvgIpc) is 2.66. The van der Waals surface area contributed by atoms with Crippen LogP contribution in [0.3, 0.4) is 0 Å². The molecule has 12 N–H and O–H groups in total. The molecule has 3 atom stereocenters. The van der Waals surface area contributed by atoms with Crippen LogP contribution in [-0.4, -0.2) is 38.0 Å². The van der Waals surface area contributed by atoms with Crippen LogP contribution in [0.2, 0.25) is 0 Å². The second-order valence-electron chi connectivity index (χ2n) is 7.89. The zero-order valence-corrected chi connectivity index (χ0v) is 22.9. The van der Waals surface area contributed by atoms with Crippen molar-refractivity contribution in [2.24, 2.45) is 29.4 Å². The van der Waals surface area contributed by atoms with E-state index in [9.17, 15) is 0 Å². The maximum atomic E-state index is 5.92. The van der Waals surface area contributed by atoms with Gasteiger partial charge in [-0.15, -0.1) is 11.7 Å². The molecule has 0 aliphatic rings. The van der Waals surface area contributed by atoms with Crippen LogP contribution >= 0.6 is 22.9 Å². The summed E-state index contributed by atoms with van der Waals surface area (Å²) in [5, 5.41) is 1.05. The molecule has 3 unspecified atom stereocenters. The number of nitrogens with two attached hydrogens (primary N) is 3. The number of rotatable bonds is 20. The molecule has 0 aromatic heterocycles. The predicted molar refractivity (Wildman–Crippen MR) is 124 cm³/mol. The first kappa shape index (κ1) is 32.2. The summed E-state index contributed by atoms with van der Waals surface area (Å²) in [5.41, 5.74) is 12.3. The Hall–Kier alpha value is 1.06. The Morgan fingerprint density at radius 2 is 1.38 bits per heavy atom. The van der Waals surface area contributed by atoms with Gasteiger partial charge in [-0.05, 0) is 38.5 Å². The van der Waals surface area contributed by atoms with Crippen LogP contribution in [0.15, 0.2) is 0 Å². The first-order chi connectivity index (χ1) is 13.3. The van der Waals surface area contributed by atoms with Gasteiger partial charge in [-0.3, -0.25) is 5.01 Å². The summed E-state index contributed by atoms with van der Waals surface area (Å²) in [7, 11) is 2.02. The van der Waals surface area contributed by atoms with Gasteiger partial charge in [0.15, 0.2) is 0 Å². The molecule has 0 aromatic rings. The van der Waals surface area contributed by atoms with Crippen LogP contribution in [0.25, 0.3) is 0 Å². The summed E-state index contributed by atoms with van der Waals surface area (Å²) in [5.74, 6) is 18.9. The third-order valence-electron chi connectivity index (χ3n) is 5.05. The van der Waals surface area contributed by atoms with Crippen molar-refractivity contribution in [3.05, 3.63) is 0 Å². The minimum absolute atomic E-state index is 0. The quantitative estimate of drug-likeness (QED) is 0.0165. The van der Waals surface area contributed by atoms with E-state index in [-0.39, 0.29) is 28.8 Å². The normalized spacial score (nSPS) is 15.0. The largest absolute Gasteiger partial charge is 1.00 e. The fraction of sp³-hybridized carbons (Fsp3) is 1.00. The molecule has 0 aliphatic heterocycles. The molecule has 29 heavy (non-hydrogen) atoms. The van der Waals surface area contributed by atoms with Gasteiger partial charge in [0.25, 0.3) is 0 Å². The van der Waals surface area contributed by atoms with E-state index in [0.29, 0.717) is 5.92 Å². The standard InChI is InChI=1S/C17H46IN10.HI/c1-4-16(14-27(3)19)10-6-8-12-22-25-26-23-13-9-7-11-17(5-2)15-28(20,21)24-18;/h16-17,22-26H,4-15,19-21H2,1-3H3;1H/q+1;. The maximum Gasteiger partial charge on any atom is 0.138 e. The third-order valence-corrected chi connectivity index (χ3v) is 5.95. The Kier molecular flexibility index (Phi) is 23.3. The second kappa shape index (κ2) is 20.9. The van der Waals surface area contributed by atoms with Crippen LogP contribution in [0, 0.1) is 11.8 Å². The van der Waals surface area contributed by atoms with Crippen molar-refractivity contribution in [2.45, 2.75) is 65.2 Å². The SMILES string of the molecule is CCC(CCCCNNNNCCCCC(CC)C[N+](N)(N)NI)C[NH+](C)N.[I-]. The molecule has 0 heterocycles. The number of hydrogen-bond donors (Lipinski definition) is 9. The molecule has 0 amide bonds. The summed E-state index contributed by atoms with van der Waals surface area (Å²) >= 11 is 2.00. The Morgan fingerprint density at radius 3 is 1.79 bits per heavy atom. The molecule has 0 aromatic carbocycles. The molecule has 0 rings (SSSR count).